The molecule has 154 valence electrons. The first kappa shape index (κ1) is 20.6. The Morgan fingerprint density at radius 3 is 2.64 bits per heavy atom. The number of amides is 2. The minimum atomic E-state index is -0.357. The first-order valence-corrected chi connectivity index (χ1v) is 10.3. The van der Waals surface area contributed by atoms with Gasteiger partial charge in [0.25, 0.3) is 0 Å². The molecule has 0 radical (unpaired) electrons. The summed E-state index contributed by atoms with van der Waals surface area (Å²) in [5.74, 6) is 1.11. The van der Waals surface area contributed by atoms with Gasteiger partial charge in [-0.1, -0.05) is 19.1 Å². The van der Waals surface area contributed by atoms with Gasteiger partial charge >= 0.3 is 0 Å². The van der Waals surface area contributed by atoms with Crippen LogP contribution in [0.15, 0.2) is 24.3 Å². The Morgan fingerprint density at radius 1 is 1.21 bits per heavy atom. The molecule has 2 aliphatic rings. The second kappa shape index (κ2) is 8.52. The van der Waals surface area contributed by atoms with Gasteiger partial charge in [-0.3, -0.25) is 14.5 Å². The number of carbonyl (C=O) groups is 2. The van der Waals surface area contributed by atoms with E-state index in [2.05, 4.69) is 11.8 Å². The van der Waals surface area contributed by atoms with Crippen LogP contribution in [0.3, 0.4) is 0 Å². The smallest absolute Gasteiger partial charge is 0.229 e. The summed E-state index contributed by atoms with van der Waals surface area (Å²) in [4.78, 5) is 32.2. The zero-order valence-electron chi connectivity index (χ0n) is 17.6. The molecule has 1 aromatic carbocycles. The Balaban J connectivity index is 1.75. The monoisotopic (exact) mass is 387 g/mol. The molecule has 2 aliphatic heterocycles. The Kier molecular flexibility index (Phi) is 6.28. The van der Waals surface area contributed by atoms with E-state index >= 15 is 0 Å². The maximum atomic E-state index is 13.1. The molecule has 0 aromatic heterocycles. The van der Waals surface area contributed by atoms with Gasteiger partial charge in [-0.2, -0.15) is 0 Å². The first-order valence-electron chi connectivity index (χ1n) is 10.3. The lowest BCUT2D eigenvalue weighted by Gasteiger charge is -2.37. The minimum Gasteiger partial charge on any atom is -0.497 e. The second-order valence-corrected chi connectivity index (χ2v) is 8.20. The van der Waals surface area contributed by atoms with E-state index in [0.717, 1.165) is 43.7 Å². The van der Waals surface area contributed by atoms with E-state index in [9.17, 15) is 9.59 Å². The number of carbonyl (C=O) groups excluding carboxylic acids is 2. The van der Waals surface area contributed by atoms with Crippen molar-refractivity contribution in [3.05, 3.63) is 29.8 Å². The Hall–Kier alpha value is -2.08. The first-order chi connectivity index (χ1) is 13.4. The van der Waals surface area contributed by atoms with Crippen LogP contribution in [0.5, 0.6) is 5.75 Å². The summed E-state index contributed by atoms with van der Waals surface area (Å²) in [6.07, 6.45) is 2.86. The highest BCUT2D eigenvalue weighted by atomic mass is 16.5. The number of likely N-dealkylation sites (tertiary alicyclic amines) is 2. The molecule has 2 amide bonds. The highest BCUT2D eigenvalue weighted by Crippen LogP contribution is 2.44. The maximum Gasteiger partial charge on any atom is 0.229 e. The van der Waals surface area contributed by atoms with Crippen LogP contribution in [-0.2, 0) is 16.0 Å². The molecule has 3 rings (SSSR count). The van der Waals surface area contributed by atoms with Crippen molar-refractivity contribution in [1.82, 2.24) is 14.7 Å². The summed E-state index contributed by atoms with van der Waals surface area (Å²) in [6, 6.07) is 7.90. The van der Waals surface area contributed by atoms with E-state index in [0.29, 0.717) is 19.5 Å². The third kappa shape index (κ3) is 3.88. The quantitative estimate of drug-likeness (QED) is 0.776. The highest BCUT2D eigenvalue weighted by molar-refractivity contribution is 5.84. The number of nitrogens with zero attached hydrogens (tertiary/aromatic N) is 3. The normalized spacial score (nSPS) is 25.1. The lowest BCUT2D eigenvalue weighted by molar-refractivity contribution is -0.141. The zero-order chi connectivity index (χ0) is 20.3. The second-order valence-electron chi connectivity index (χ2n) is 8.20. The number of hydrogen-bond acceptors (Lipinski definition) is 4. The number of hydrogen-bond donors (Lipinski definition) is 0. The predicted molar refractivity (Wildman–Crippen MR) is 109 cm³/mol. The standard InChI is InChI=1S/C22H33N3O3/c1-5-24-13-10-22(21(27)23(2)3)11-14-25(12-9-19(22)24)20(26)16-17-7-6-8-18(15-17)28-4/h6-8,15,19H,5,9-14,16H2,1-4H3/t19-,22+/m0/s1. The maximum absolute atomic E-state index is 13.1. The fourth-order valence-corrected chi connectivity index (χ4v) is 4.99. The molecule has 6 nitrogen and oxygen atoms in total. The van der Waals surface area contributed by atoms with Crippen LogP contribution in [0.4, 0.5) is 0 Å². The van der Waals surface area contributed by atoms with Crippen LogP contribution in [0.1, 0.15) is 31.7 Å². The molecular weight excluding hydrogens is 354 g/mol. The van der Waals surface area contributed by atoms with Crippen LogP contribution >= 0.6 is 0 Å². The van der Waals surface area contributed by atoms with E-state index in [1.165, 1.54) is 0 Å². The number of rotatable bonds is 5. The summed E-state index contributed by atoms with van der Waals surface area (Å²) >= 11 is 0. The van der Waals surface area contributed by atoms with E-state index in [1.54, 1.807) is 12.0 Å². The predicted octanol–water partition coefficient (Wildman–Crippen LogP) is 2.03. The summed E-state index contributed by atoms with van der Waals surface area (Å²) < 4.78 is 5.27. The third-order valence-electron chi connectivity index (χ3n) is 6.50. The third-order valence-corrected chi connectivity index (χ3v) is 6.50. The fraction of sp³-hybridized carbons (Fsp3) is 0.636. The highest BCUT2D eigenvalue weighted by Gasteiger charge is 2.53. The van der Waals surface area contributed by atoms with Gasteiger partial charge in [-0.15, -0.1) is 0 Å². The summed E-state index contributed by atoms with van der Waals surface area (Å²) in [5.41, 5.74) is 0.605. The lowest BCUT2D eigenvalue weighted by Crippen LogP contribution is -2.49. The van der Waals surface area contributed by atoms with Gasteiger partial charge in [-0.25, -0.2) is 0 Å². The molecule has 2 fully saturated rings. The van der Waals surface area contributed by atoms with E-state index in [4.69, 9.17) is 4.74 Å². The Morgan fingerprint density at radius 2 is 1.96 bits per heavy atom. The van der Waals surface area contributed by atoms with E-state index < -0.39 is 0 Å². The number of ether oxygens (including phenoxy) is 1. The summed E-state index contributed by atoms with van der Waals surface area (Å²) in [6.45, 7) is 5.44. The molecule has 0 aliphatic carbocycles. The minimum absolute atomic E-state index is 0.128. The topological polar surface area (TPSA) is 53.1 Å². The fourth-order valence-electron chi connectivity index (χ4n) is 4.99. The van der Waals surface area contributed by atoms with Crippen LogP contribution in [-0.4, -0.2) is 79.9 Å². The molecule has 0 saturated carbocycles. The van der Waals surface area contributed by atoms with Crippen LogP contribution < -0.4 is 4.74 Å². The number of benzene rings is 1. The van der Waals surface area contributed by atoms with E-state index in [1.807, 2.05) is 43.3 Å². The molecule has 2 atom stereocenters. The van der Waals surface area contributed by atoms with Crippen molar-refractivity contribution >= 4 is 11.8 Å². The van der Waals surface area contributed by atoms with Crippen molar-refractivity contribution in [3.8, 4) is 5.75 Å². The largest absolute Gasteiger partial charge is 0.497 e. The molecule has 6 heteroatoms. The molecule has 0 spiro atoms. The van der Waals surface area contributed by atoms with E-state index in [-0.39, 0.29) is 23.3 Å². The van der Waals surface area contributed by atoms with Crippen LogP contribution in [0, 0.1) is 5.41 Å². The van der Waals surface area contributed by atoms with Crippen molar-refractivity contribution in [3.63, 3.8) is 0 Å². The molecular formula is C22H33N3O3. The van der Waals surface area contributed by atoms with Gasteiger partial charge < -0.3 is 14.5 Å². The molecule has 28 heavy (non-hydrogen) atoms. The van der Waals surface area contributed by atoms with Crippen molar-refractivity contribution in [2.75, 3.05) is 47.4 Å². The molecule has 0 bridgehead atoms. The van der Waals surface area contributed by atoms with Gasteiger partial charge in [0.1, 0.15) is 5.75 Å². The van der Waals surface area contributed by atoms with Crippen molar-refractivity contribution < 1.29 is 14.3 Å². The average Bonchev–Trinajstić information content (AvgIpc) is 2.94. The lowest BCUT2D eigenvalue weighted by atomic mass is 9.75. The van der Waals surface area contributed by atoms with Gasteiger partial charge in [0.15, 0.2) is 0 Å². The van der Waals surface area contributed by atoms with Crippen LogP contribution in [0.25, 0.3) is 0 Å². The van der Waals surface area contributed by atoms with Gasteiger partial charge in [0.2, 0.25) is 11.8 Å². The number of methoxy groups -OCH3 is 1. The zero-order valence-corrected chi connectivity index (χ0v) is 17.6. The van der Waals surface area contributed by atoms with Gasteiger partial charge in [0, 0.05) is 33.2 Å². The van der Waals surface area contributed by atoms with Gasteiger partial charge in [0.05, 0.1) is 18.9 Å². The van der Waals surface area contributed by atoms with Crippen LogP contribution in [0.2, 0.25) is 0 Å². The molecule has 2 saturated heterocycles. The van der Waals surface area contributed by atoms with Crippen molar-refractivity contribution in [2.24, 2.45) is 5.41 Å². The SMILES string of the molecule is CCN1CC[C@@]2(C(=O)N(C)C)CCN(C(=O)Cc3cccc(OC)c3)CC[C@H]12. The Labute approximate surface area is 168 Å². The average molecular weight is 388 g/mol. The summed E-state index contributed by atoms with van der Waals surface area (Å²) in [7, 11) is 5.33. The Bertz CT molecular complexity index is 721. The molecule has 0 N–H and O–H groups in total. The van der Waals surface area contributed by atoms with Crippen molar-refractivity contribution in [2.45, 2.75) is 38.6 Å². The summed E-state index contributed by atoms with van der Waals surface area (Å²) in [5, 5.41) is 0. The van der Waals surface area contributed by atoms with Crippen molar-refractivity contribution in [1.29, 1.82) is 0 Å². The molecule has 2 heterocycles. The molecule has 0 unspecified atom stereocenters. The molecule has 1 aromatic rings. The number of fused-ring (bicyclic) bond motifs is 1. The van der Waals surface area contributed by atoms with Gasteiger partial charge in [-0.05, 0) is 50.0 Å².